The Hall–Kier alpha value is -0.610. The fourth-order valence-corrected chi connectivity index (χ4v) is 2.15. The van der Waals surface area contributed by atoms with Gasteiger partial charge in [-0.15, -0.1) is 0 Å². The lowest BCUT2D eigenvalue weighted by Crippen LogP contribution is -2.54. The van der Waals surface area contributed by atoms with Crippen LogP contribution in [0.15, 0.2) is 0 Å². The van der Waals surface area contributed by atoms with E-state index in [1.807, 2.05) is 14.1 Å². The first kappa shape index (κ1) is 15.4. The van der Waals surface area contributed by atoms with Gasteiger partial charge in [-0.05, 0) is 53.2 Å². The van der Waals surface area contributed by atoms with Crippen molar-refractivity contribution in [2.75, 3.05) is 27.2 Å². The predicted molar refractivity (Wildman–Crippen MR) is 75.6 cm³/mol. The number of carbonyl (C=O) groups is 1. The lowest BCUT2D eigenvalue weighted by atomic mass is 9.90. The number of hydrogen-bond donors (Lipinski definition) is 2. The summed E-state index contributed by atoms with van der Waals surface area (Å²) in [6, 6.07) is 0.00154. The minimum Gasteiger partial charge on any atom is -0.353 e. The molecule has 0 aromatic carbocycles. The summed E-state index contributed by atoms with van der Waals surface area (Å²) in [5.74, 6) is 0.854. The van der Waals surface area contributed by atoms with E-state index in [1.54, 1.807) is 0 Å². The fourth-order valence-electron chi connectivity index (χ4n) is 2.15. The Morgan fingerprint density at radius 3 is 2.67 bits per heavy atom. The quantitative estimate of drug-likeness (QED) is 0.776. The van der Waals surface area contributed by atoms with Crippen LogP contribution < -0.4 is 10.6 Å². The molecule has 0 aromatic heterocycles. The zero-order chi connectivity index (χ0) is 13.8. The molecule has 2 N–H and O–H groups in total. The first-order valence-corrected chi connectivity index (χ1v) is 7.05. The van der Waals surface area contributed by atoms with Crippen LogP contribution in [0, 0.1) is 5.92 Å². The number of amides is 1. The fraction of sp³-hybridized carbons (Fsp3) is 0.929. The van der Waals surface area contributed by atoms with Crippen LogP contribution in [-0.2, 0) is 4.79 Å². The van der Waals surface area contributed by atoms with E-state index in [9.17, 15) is 4.79 Å². The summed E-state index contributed by atoms with van der Waals surface area (Å²) >= 11 is 0. The second-order valence-corrected chi connectivity index (χ2v) is 6.23. The van der Waals surface area contributed by atoms with Gasteiger partial charge in [0.05, 0.1) is 6.04 Å². The van der Waals surface area contributed by atoms with E-state index in [0.29, 0.717) is 12.5 Å². The van der Waals surface area contributed by atoms with E-state index in [-0.39, 0.29) is 17.5 Å². The third kappa shape index (κ3) is 4.25. The highest BCUT2D eigenvalue weighted by Gasteiger charge is 2.27. The molecule has 0 saturated carbocycles. The van der Waals surface area contributed by atoms with Crippen LogP contribution in [-0.4, -0.2) is 49.6 Å². The molecular weight excluding hydrogens is 226 g/mol. The summed E-state index contributed by atoms with van der Waals surface area (Å²) in [6.07, 6.45) is 3.35. The lowest BCUT2D eigenvalue weighted by molar-refractivity contribution is -0.124. The van der Waals surface area contributed by atoms with E-state index in [0.717, 1.165) is 13.0 Å². The van der Waals surface area contributed by atoms with Gasteiger partial charge >= 0.3 is 0 Å². The van der Waals surface area contributed by atoms with Gasteiger partial charge in [0.15, 0.2) is 0 Å². The van der Waals surface area contributed by atoms with Gasteiger partial charge in [-0.25, -0.2) is 0 Å². The third-order valence-corrected chi connectivity index (χ3v) is 4.31. The van der Waals surface area contributed by atoms with Crippen LogP contribution in [0.4, 0.5) is 0 Å². The summed E-state index contributed by atoms with van der Waals surface area (Å²) in [4.78, 5) is 14.3. The number of carbonyl (C=O) groups excluding carboxylic acids is 1. The van der Waals surface area contributed by atoms with E-state index >= 15 is 0 Å². The Labute approximate surface area is 111 Å². The smallest absolute Gasteiger partial charge is 0.237 e. The highest BCUT2D eigenvalue weighted by Crippen LogP contribution is 2.19. The van der Waals surface area contributed by atoms with Gasteiger partial charge in [-0.1, -0.05) is 13.3 Å². The van der Waals surface area contributed by atoms with Crippen LogP contribution in [0.2, 0.25) is 0 Å². The molecule has 0 radical (unpaired) electrons. The van der Waals surface area contributed by atoms with Crippen molar-refractivity contribution in [1.29, 1.82) is 0 Å². The summed E-state index contributed by atoms with van der Waals surface area (Å²) < 4.78 is 0. The molecule has 1 fully saturated rings. The molecule has 0 aliphatic carbocycles. The highest BCUT2D eigenvalue weighted by molar-refractivity contribution is 5.81. The molecule has 0 aromatic rings. The van der Waals surface area contributed by atoms with Gasteiger partial charge < -0.3 is 15.5 Å². The van der Waals surface area contributed by atoms with Crippen molar-refractivity contribution < 1.29 is 4.79 Å². The minimum absolute atomic E-state index is 0.00154. The molecule has 4 heteroatoms. The van der Waals surface area contributed by atoms with Gasteiger partial charge in [-0.3, -0.25) is 4.79 Å². The van der Waals surface area contributed by atoms with Crippen LogP contribution in [0.3, 0.4) is 0 Å². The largest absolute Gasteiger partial charge is 0.353 e. The molecule has 18 heavy (non-hydrogen) atoms. The monoisotopic (exact) mass is 255 g/mol. The maximum Gasteiger partial charge on any atom is 0.237 e. The Morgan fingerprint density at radius 1 is 1.44 bits per heavy atom. The topological polar surface area (TPSA) is 44.4 Å². The maximum atomic E-state index is 12.1. The SMILES string of the molecule is CCC1CCNC(C(=O)NCC(C)(C)N(C)C)C1. The van der Waals surface area contributed by atoms with Crippen molar-refractivity contribution in [2.45, 2.75) is 51.6 Å². The average Bonchev–Trinajstić information content (AvgIpc) is 2.36. The molecule has 0 bridgehead atoms. The van der Waals surface area contributed by atoms with E-state index in [1.165, 1.54) is 12.8 Å². The molecule has 0 spiro atoms. The summed E-state index contributed by atoms with van der Waals surface area (Å²) in [5, 5.41) is 6.40. The van der Waals surface area contributed by atoms with Crippen molar-refractivity contribution >= 4 is 5.91 Å². The van der Waals surface area contributed by atoms with Crippen molar-refractivity contribution in [1.82, 2.24) is 15.5 Å². The standard InChI is InChI=1S/C14H29N3O/c1-6-11-7-8-15-12(9-11)13(18)16-10-14(2,3)17(4)5/h11-12,15H,6-10H2,1-5H3,(H,16,18). The first-order chi connectivity index (χ1) is 8.36. The third-order valence-electron chi connectivity index (χ3n) is 4.31. The lowest BCUT2D eigenvalue weighted by Gasteiger charge is -2.34. The van der Waals surface area contributed by atoms with Gasteiger partial charge in [-0.2, -0.15) is 0 Å². The second kappa shape index (κ2) is 6.53. The van der Waals surface area contributed by atoms with Crippen molar-refractivity contribution in [3.05, 3.63) is 0 Å². The zero-order valence-corrected chi connectivity index (χ0v) is 12.5. The summed E-state index contributed by atoms with van der Waals surface area (Å²) in [7, 11) is 4.08. The predicted octanol–water partition coefficient (Wildman–Crippen LogP) is 1.22. The number of nitrogens with one attached hydrogen (secondary N) is 2. The minimum atomic E-state index is -0.00547. The van der Waals surface area contributed by atoms with Crippen molar-refractivity contribution in [3.63, 3.8) is 0 Å². The van der Waals surface area contributed by atoms with Gasteiger partial charge in [0, 0.05) is 12.1 Å². The van der Waals surface area contributed by atoms with Crippen LogP contribution in [0.25, 0.3) is 0 Å². The number of hydrogen-bond acceptors (Lipinski definition) is 3. The molecule has 2 atom stereocenters. The van der Waals surface area contributed by atoms with E-state index in [4.69, 9.17) is 0 Å². The Balaban J connectivity index is 2.41. The number of rotatable bonds is 5. The maximum absolute atomic E-state index is 12.1. The van der Waals surface area contributed by atoms with Crippen molar-refractivity contribution in [3.8, 4) is 0 Å². The molecule has 2 unspecified atom stereocenters. The number of likely N-dealkylation sites (N-methyl/N-ethyl adjacent to an activating group) is 1. The number of nitrogens with zero attached hydrogens (tertiary/aromatic N) is 1. The zero-order valence-electron chi connectivity index (χ0n) is 12.5. The molecule has 1 saturated heterocycles. The van der Waals surface area contributed by atoms with Gasteiger partial charge in [0.25, 0.3) is 0 Å². The van der Waals surface area contributed by atoms with Gasteiger partial charge in [0.2, 0.25) is 5.91 Å². The van der Waals surface area contributed by atoms with Gasteiger partial charge in [0.1, 0.15) is 0 Å². The van der Waals surface area contributed by atoms with E-state index in [2.05, 4.69) is 36.3 Å². The molecule has 106 valence electrons. The molecule has 1 aliphatic rings. The summed E-state index contributed by atoms with van der Waals surface area (Å²) in [5.41, 5.74) is -0.00547. The number of piperidine rings is 1. The van der Waals surface area contributed by atoms with Crippen LogP contribution in [0.1, 0.15) is 40.0 Å². The Morgan fingerprint density at radius 2 is 2.11 bits per heavy atom. The normalized spacial score (nSPS) is 25.2. The Kier molecular flexibility index (Phi) is 5.60. The average molecular weight is 255 g/mol. The molecule has 1 amide bonds. The second-order valence-electron chi connectivity index (χ2n) is 6.23. The molecule has 1 rings (SSSR count). The van der Waals surface area contributed by atoms with Crippen molar-refractivity contribution in [2.24, 2.45) is 5.92 Å². The highest BCUT2D eigenvalue weighted by atomic mass is 16.2. The van der Waals surface area contributed by atoms with Crippen LogP contribution >= 0.6 is 0 Å². The van der Waals surface area contributed by atoms with Crippen LogP contribution in [0.5, 0.6) is 0 Å². The molecule has 1 heterocycles. The Bertz CT molecular complexity index is 276. The first-order valence-electron chi connectivity index (χ1n) is 7.05. The summed E-state index contributed by atoms with van der Waals surface area (Å²) in [6.45, 7) is 8.13. The molecule has 1 aliphatic heterocycles. The molecule has 4 nitrogen and oxygen atoms in total. The molecular formula is C14H29N3O. The van der Waals surface area contributed by atoms with E-state index < -0.39 is 0 Å².